The topological polar surface area (TPSA) is 22.1 Å². The lowest BCUT2D eigenvalue weighted by Gasteiger charge is -2.04. The quantitative estimate of drug-likeness (QED) is 0.790. The maximum atomic E-state index is 5.83. The van der Waals surface area contributed by atoms with Gasteiger partial charge in [0.05, 0.1) is 5.69 Å². The van der Waals surface area contributed by atoms with E-state index in [1.54, 1.807) is 18.3 Å². The Morgan fingerprint density at radius 1 is 1.13 bits per heavy atom. The summed E-state index contributed by atoms with van der Waals surface area (Å²) in [6, 6.07) is 13.2. The molecule has 76 valence electrons. The third-order valence-electron chi connectivity index (χ3n) is 1.91. The van der Waals surface area contributed by atoms with Crippen molar-refractivity contribution < 1.29 is 4.74 Å². The number of hydrogen-bond donors (Lipinski definition) is 0. The minimum atomic E-state index is 0.435. The van der Waals surface area contributed by atoms with Gasteiger partial charge in [-0.1, -0.05) is 29.8 Å². The second kappa shape index (κ2) is 4.80. The molecule has 0 spiro atoms. The number of aromatic nitrogens is 1. The highest BCUT2D eigenvalue weighted by Gasteiger charge is 1.97. The Morgan fingerprint density at radius 2 is 1.93 bits per heavy atom. The molecule has 3 heteroatoms. The number of rotatable bonds is 3. The molecule has 0 fully saturated rings. The number of halogens is 1. The van der Waals surface area contributed by atoms with Gasteiger partial charge in [0.15, 0.2) is 0 Å². The number of para-hydroxylation sites is 1. The van der Waals surface area contributed by atoms with Gasteiger partial charge in [0.2, 0.25) is 0 Å². The Morgan fingerprint density at radius 3 is 2.67 bits per heavy atom. The van der Waals surface area contributed by atoms with Crippen LogP contribution < -0.4 is 4.74 Å². The van der Waals surface area contributed by atoms with E-state index in [2.05, 4.69) is 4.98 Å². The minimum Gasteiger partial charge on any atom is -0.487 e. The van der Waals surface area contributed by atoms with E-state index in [0.29, 0.717) is 11.6 Å². The van der Waals surface area contributed by atoms with E-state index < -0.39 is 0 Å². The summed E-state index contributed by atoms with van der Waals surface area (Å²) in [5, 5.41) is 0.677. The van der Waals surface area contributed by atoms with Crippen LogP contribution in [-0.4, -0.2) is 4.98 Å². The zero-order valence-corrected chi connectivity index (χ0v) is 8.82. The summed E-state index contributed by atoms with van der Waals surface area (Å²) in [5.74, 6) is 0.833. The molecule has 0 saturated heterocycles. The third kappa shape index (κ3) is 2.96. The van der Waals surface area contributed by atoms with E-state index >= 15 is 0 Å². The molecule has 0 aliphatic rings. The Hall–Kier alpha value is -1.54. The van der Waals surface area contributed by atoms with Crippen LogP contribution in [0.3, 0.4) is 0 Å². The van der Waals surface area contributed by atoms with Gasteiger partial charge in [0.1, 0.15) is 12.4 Å². The Bertz CT molecular complexity index is 431. The molecule has 15 heavy (non-hydrogen) atoms. The fraction of sp³-hybridized carbons (Fsp3) is 0.0833. The van der Waals surface area contributed by atoms with E-state index in [1.807, 2.05) is 30.3 Å². The lowest BCUT2D eigenvalue weighted by Crippen LogP contribution is -1.97. The van der Waals surface area contributed by atoms with E-state index in [-0.39, 0.29) is 0 Å². The second-order valence-electron chi connectivity index (χ2n) is 3.07. The SMILES string of the molecule is Clc1ccnc(COc2ccccc2)c1. The van der Waals surface area contributed by atoms with Crippen molar-refractivity contribution in [2.75, 3.05) is 0 Å². The molecule has 0 bridgehead atoms. The van der Waals surface area contributed by atoms with Crippen molar-refractivity contribution in [3.8, 4) is 5.75 Å². The maximum Gasteiger partial charge on any atom is 0.130 e. The summed E-state index contributed by atoms with van der Waals surface area (Å²) in [4.78, 5) is 4.15. The lowest BCUT2D eigenvalue weighted by atomic mass is 10.3. The van der Waals surface area contributed by atoms with Crippen molar-refractivity contribution in [3.05, 3.63) is 59.4 Å². The first-order valence-electron chi connectivity index (χ1n) is 4.63. The summed E-state index contributed by atoms with van der Waals surface area (Å²) in [6.07, 6.45) is 1.67. The molecule has 1 aromatic heterocycles. The first-order chi connectivity index (χ1) is 7.34. The highest BCUT2D eigenvalue weighted by molar-refractivity contribution is 6.30. The molecule has 0 aliphatic heterocycles. The van der Waals surface area contributed by atoms with Crippen LogP contribution in [0.2, 0.25) is 5.02 Å². The van der Waals surface area contributed by atoms with Gasteiger partial charge < -0.3 is 4.74 Å². The van der Waals surface area contributed by atoms with Crippen LogP contribution in [-0.2, 0) is 6.61 Å². The monoisotopic (exact) mass is 219 g/mol. The molecule has 0 amide bonds. The van der Waals surface area contributed by atoms with Crippen LogP contribution in [0.15, 0.2) is 48.7 Å². The zero-order valence-electron chi connectivity index (χ0n) is 8.06. The Labute approximate surface area is 93.5 Å². The molecule has 2 nitrogen and oxygen atoms in total. The van der Waals surface area contributed by atoms with Crippen molar-refractivity contribution >= 4 is 11.6 Å². The smallest absolute Gasteiger partial charge is 0.130 e. The van der Waals surface area contributed by atoms with Crippen molar-refractivity contribution in [1.82, 2.24) is 4.98 Å². The molecular weight excluding hydrogens is 210 g/mol. The average Bonchev–Trinajstić information content (AvgIpc) is 2.28. The maximum absolute atomic E-state index is 5.83. The molecule has 1 heterocycles. The molecule has 0 radical (unpaired) electrons. The number of nitrogens with zero attached hydrogens (tertiary/aromatic N) is 1. The van der Waals surface area contributed by atoms with Crippen molar-refractivity contribution in [2.24, 2.45) is 0 Å². The predicted octanol–water partition coefficient (Wildman–Crippen LogP) is 3.31. The van der Waals surface area contributed by atoms with Crippen LogP contribution in [0, 0.1) is 0 Å². The Kier molecular flexibility index (Phi) is 3.20. The summed E-state index contributed by atoms with van der Waals surface area (Å²) in [6.45, 7) is 0.435. The molecule has 0 atom stereocenters. The molecule has 0 aliphatic carbocycles. The highest BCUT2D eigenvalue weighted by Crippen LogP contribution is 2.12. The van der Waals surface area contributed by atoms with Crippen molar-refractivity contribution in [2.45, 2.75) is 6.61 Å². The van der Waals surface area contributed by atoms with Gasteiger partial charge in [-0.3, -0.25) is 4.98 Å². The standard InChI is InChI=1S/C12H10ClNO/c13-10-6-7-14-11(8-10)9-15-12-4-2-1-3-5-12/h1-8H,9H2. The summed E-state index contributed by atoms with van der Waals surface area (Å²) >= 11 is 5.83. The molecule has 0 unspecified atom stereocenters. The number of benzene rings is 1. The predicted molar refractivity (Wildman–Crippen MR) is 60.0 cm³/mol. The number of ether oxygens (including phenoxy) is 1. The van der Waals surface area contributed by atoms with Crippen LogP contribution in [0.1, 0.15) is 5.69 Å². The molecular formula is C12H10ClNO. The van der Waals surface area contributed by atoms with Gasteiger partial charge in [-0.2, -0.15) is 0 Å². The van der Waals surface area contributed by atoms with Gasteiger partial charge >= 0.3 is 0 Å². The number of pyridine rings is 1. The van der Waals surface area contributed by atoms with Gasteiger partial charge in [0.25, 0.3) is 0 Å². The van der Waals surface area contributed by atoms with Crippen molar-refractivity contribution in [3.63, 3.8) is 0 Å². The fourth-order valence-corrected chi connectivity index (χ4v) is 1.38. The molecule has 0 N–H and O–H groups in total. The summed E-state index contributed by atoms with van der Waals surface area (Å²) in [7, 11) is 0. The molecule has 1 aromatic carbocycles. The average molecular weight is 220 g/mol. The van der Waals surface area contributed by atoms with E-state index in [0.717, 1.165) is 11.4 Å². The largest absolute Gasteiger partial charge is 0.487 e. The summed E-state index contributed by atoms with van der Waals surface area (Å²) < 4.78 is 5.53. The van der Waals surface area contributed by atoms with Gasteiger partial charge in [-0.15, -0.1) is 0 Å². The lowest BCUT2D eigenvalue weighted by molar-refractivity contribution is 0.301. The number of hydrogen-bond acceptors (Lipinski definition) is 2. The third-order valence-corrected chi connectivity index (χ3v) is 2.14. The normalized spacial score (nSPS) is 9.93. The van der Waals surface area contributed by atoms with Gasteiger partial charge in [-0.05, 0) is 24.3 Å². The highest BCUT2D eigenvalue weighted by atomic mass is 35.5. The van der Waals surface area contributed by atoms with Gasteiger partial charge in [0, 0.05) is 11.2 Å². The fourth-order valence-electron chi connectivity index (χ4n) is 1.20. The molecule has 2 aromatic rings. The van der Waals surface area contributed by atoms with E-state index in [4.69, 9.17) is 16.3 Å². The Balaban J connectivity index is 1.99. The molecule has 0 saturated carbocycles. The van der Waals surface area contributed by atoms with Crippen LogP contribution in [0.5, 0.6) is 5.75 Å². The minimum absolute atomic E-state index is 0.435. The van der Waals surface area contributed by atoms with E-state index in [1.165, 1.54) is 0 Å². The second-order valence-corrected chi connectivity index (χ2v) is 3.50. The van der Waals surface area contributed by atoms with Crippen LogP contribution in [0.25, 0.3) is 0 Å². The van der Waals surface area contributed by atoms with Gasteiger partial charge in [-0.25, -0.2) is 0 Å². The molecule has 2 rings (SSSR count). The van der Waals surface area contributed by atoms with Crippen molar-refractivity contribution in [1.29, 1.82) is 0 Å². The first kappa shape index (κ1) is 9.99. The van der Waals surface area contributed by atoms with Crippen LogP contribution >= 0.6 is 11.6 Å². The van der Waals surface area contributed by atoms with E-state index in [9.17, 15) is 0 Å². The first-order valence-corrected chi connectivity index (χ1v) is 5.01. The van der Waals surface area contributed by atoms with Crippen LogP contribution in [0.4, 0.5) is 0 Å². The zero-order chi connectivity index (χ0) is 10.5. The summed E-state index contributed by atoms with van der Waals surface area (Å²) in [5.41, 5.74) is 0.825.